The molecule has 1 atom stereocenters. The summed E-state index contributed by atoms with van der Waals surface area (Å²) in [6.45, 7) is 3.90. The van der Waals surface area contributed by atoms with Crippen LogP contribution < -0.4 is 0 Å². The van der Waals surface area contributed by atoms with Crippen LogP contribution in [0, 0.1) is 5.92 Å². The molecule has 0 saturated heterocycles. The number of carbonyl (C=O) groups is 2. The van der Waals surface area contributed by atoms with Crippen molar-refractivity contribution in [1.29, 1.82) is 0 Å². The summed E-state index contributed by atoms with van der Waals surface area (Å²) in [4.78, 5) is 24.1. The Hall–Kier alpha value is -1.06. The minimum Gasteiger partial charge on any atom is -0.459 e. The van der Waals surface area contributed by atoms with Crippen molar-refractivity contribution in [1.82, 2.24) is 4.90 Å². The summed E-state index contributed by atoms with van der Waals surface area (Å²) in [5.41, 5.74) is 0. The molecule has 14 heavy (non-hydrogen) atoms. The van der Waals surface area contributed by atoms with Gasteiger partial charge in [-0.3, -0.25) is 4.79 Å². The maximum atomic E-state index is 11.5. The van der Waals surface area contributed by atoms with E-state index in [0.29, 0.717) is 5.92 Å². The molecular formula is C10H17NO3. The van der Waals surface area contributed by atoms with Crippen molar-refractivity contribution in [3.63, 3.8) is 0 Å². The van der Waals surface area contributed by atoms with E-state index in [-0.39, 0.29) is 12.6 Å². The molecule has 0 aromatic carbocycles. The second kappa shape index (κ2) is 4.44. The lowest BCUT2D eigenvalue weighted by Crippen LogP contribution is -2.41. The SMILES string of the molecule is CCOC(=O)C(=O)N(C)C(C)C1CC1. The van der Waals surface area contributed by atoms with Gasteiger partial charge in [0.15, 0.2) is 0 Å². The van der Waals surface area contributed by atoms with Crippen molar-refractivity contribution in [2.45, 2.75) is 32.7 Å². The minimum absolute atomic E-state index is 0.145. The molecule has 0 aromatic heterocycles. The average molecular weight is 199 g/mol. The molecule has 1 amide bonds. The zero-order valence-corrected chi connectivity index (χ0v) is 8.95. The van der Waals surface area contributed by atoms with Gasteiger partial charge in [-0.25, -0.2) is 4.79 Å². The number of rotatable bonds is 3. The zero-order valence-electron chi connectivity index (χ0n) is 8.95. The zero-order chi connectivity index (χ0) is 10.7. The highest BCUT2D eigenvalue weighted by Gasteiger charge is 2.34. The van der Waals surface area contributed by atoms with Crippen LogP contribution in [-0.4, -0.2) is 36.5 Å². The van der Waals surface area contributed by atoms with Gasteiger partial charge >= 0.3 is 11.9 Å². The summed E-state index contributed by atoms with van der Waals surface area (Å²) in [7, 11) is 1.66. The molecule has 1 aliphatic rings. The summed E-state index contributed by atoms with van der Waals surface area (Å²) in [5.74, 6) is -0.716. The van der Waals surface area contributed by atoms with Crippen molar-refractivity contribution >= 4 is 11.9 Å². The Morgan fingerprint density at radius 3 is 2.50 bits per heavy atom. The molecule has 1 rings (SSSR count). The Morgan fingerprint density at radius 2 is 2.07 bits per heavy atom. The van der Waals surface area contributed by atoms with Crippen molar-refractivity contribution in [3.05, 3.63) is 0 Å². The monoisotopic (exact) mass is 199 g/mol. The van der Waals surface area contributed by atoms with E-state index >= 15 is 0 Å². The smallest absolute Gasteiger partial charge is 0.397 e. The fraction of sp³-hybridized carbons (Fsp3) is 0.800. The Labute approximate surface area is 84.2 Å². The van der Waals surface area contributed by atoms with Gasteiger partial charge in [0.05, 0.1) is 6.61 Å². The van der Waals surface area contributed by atoms with Crippen LogP contribution in [0.2, 0.25) is 0 Å². The van der Waals surface area contributed by atoms with Crippen molar-refractivity contribution < 1.29 is 14.3 Å². The first-order valence-electron chi connectivity index (χ1n) is 5.01. The number of carbonyl (C=O) groups excluding carboxylic acids is 2. The fourth-order valence-electron chi connectivity index (χ4n) is 1.42. The lowest BCUT2D eigenvalue weighted by Gasteiger charge is -2.23. The van der Waals surface area contributed by atoms with Gasteiger partial charge in [0.2, 0.25) is 0 Å². The fourth-order valence-corrected chi connectivity index (χ4v) is 1.42. The number of likely N-dealkylation sites (N-methyl/N-ethyl adjacent to an activating group) is 1. The number of hydrogen-bond donors (Lipinski definition) is 0. The molecule has 0 radical (unpaired) electrons. The second-order valence-electron chi connectivity index (χ2n) is 3.71. The van der Waals surface area contributed by atoms with Crippen LogP contribution in [0.4, 0.5) is 0 Å². The molecule has 0 spiro atoms. The average Bonchev–Trinajstić information content (AvgIpc) is 2.98. The third-order valence-electron chi connectivity index (χ3n) is 2.69. The molecule has 80 valence electrons. The van der Waals surface area contributed by atoms with Gasteiger partial charge in [0, 0.05) is 13.1 Å². The first kappa shape index (κ1) is 11.0. The van der Waals surface area contributed by atoms with E-state index in [4.69, 9.17) is 0 Å². The largest absolute Gasteiger partial charge is 0.459 e. The van der Waals surface area contributed by atoms with Crippen LogP contribution in [0.25, 0.3) is 0 Å². The highest BCUT2D eigenvalue weighted by atomic mass is 16.5. The van der Waals surface area contributed by atoms with Crippen LogP contribution in [0.15, 0.2) is 0 Å². The van der Waals surface area contributed by atoms with Gasteiger partial charge in [-0.2, -0.15) is 0 Å². The molecule has 1 unspecified atom stereocenters. The Bertz CT molecular complexity index is 236. The maximum absolute atomic E-state index is 11.5. The highest BCUT2D eigenvalue weighted by Crippen LogP contribution is 2.34. The van der Waals surface area contributed by atoms with Crippen LogP contribution in [0.5, 0.6) is 0 Å². The highest BCUT2D eigenvalue weighted by molar-refractivity contribution is 6.32. The summed E-state index contributed by atoms with van der Waals surface area (Å²) < 4.78 is 4.64. The minimum atomic E-state index is -0.748. The predicted octanol–water partition coefficient (Wildman–Crippen LogP) is 0.806. The van der Waals surface area contributed by atoms with Gasteiger partial charge in [-0.15, -0.1) is 0 Å². The lowest BCUT2D eigenvalue weighted by molar-refractivity contribution is -0.160. The molecule has 1 fully saturated rings. The van der Waals surface area contributed by atoms with Crippen molar-refractivity contribution in [2.75, 3.05) is 13.7 Å². The van der Waals surface area contributed by atoms with Crippen LogP contribution in [-0.2, 0) is 14.3 Å². The number of hydrogen-bond acceptors (Lipinski definition) is 3. The van der Waals surface area contributed by atoms with E-state index in [2.05, 4.69) is 4.74 Å². The molecular weight excluding hydrogens is 182 g/mol. The second-order valence-corrected chi connectivity index (χ2v) is 3.71. The third-order valence-corrected chi connectivity index (χ3v) is 2.69. The van der Waals surface area contributed by atoms with E-state index in [0.717, 1.165) is 12.8 Å². The van der Waals surface area contributed by atoms with E-state index in [1.165, 1.54) is 4.90 Å². The molecule has 0 N–H and O–H groups in total. The maximum Gasteiger partial charge on any atom is 0.397 e. The third kappa shape index (κ3) is 2.47. The normalized spacial score (nSPS) is 17.4. The molecule has 4 heteroatoms. The molecule has 0 bridgehead atoms. The Kier molecular flexibility index (Phi) is 3.49. The van der Waals surface area contributed by atoms with E-state index in [1.807, 2.05) is 6.92 Å². The Morgan fingerprint density at radius 1 is 1.50 bits per heavy atom. The summed E-state index contributed by atoms with van der Waals surface area (Å²) in [6.07, 6.45) is 2.31. The molecule has 0 aromatic rings. The number of ether oxygens (including phenoxy) is 1. The van der Waals surface area contributed by atoms with Crippen LogP contribution in [0.1, 0.15) is 26.7 Å². The molecule has 4 nitrogen and oxygen atoms in total. The molecule has 0 aliphatic heterocycles. The van der Waals surface area contributed by atoms with Gasteiger partial charge in [-0.05, 0) is 32.6 Å². The quantitative estimate of drug-likeness (QED) is 0.499. The standard InChI is InChI=1S/C10H17NO3/c1-4-14-10(13)9(12)11(3)7(2)8-5-6-8/h7-8H,4-6H2,1-3H3. The summed E-state index contributed by atoms with van der Waals surface area (Å²) >= 11 is 0. The topological polar surface area (TPSA) is 46.6 Å². The summed E-state index contributed by atoms with van der Waals surface area (Å²) in [5, 5.41) is 0. The number of esters is 1. The van der Waals surface area contributed by atoms with Crippen molar-refractivity contribution in [3.8, 4) is 0 Å². The molecule has 1 aliphatic carbocycles. The summed E-state index contributed by atoms with van der Waals surface area (Å²) in [6, 6.07) is 0.145. The van der Waals surface area contributed by atoms with Gasteiger partial charge < -0.3 is 9.64 Å². The molecule has 0 heterocycles. The Balaban J connectivity index is 2.45. The van der Waals surface area contributed by atoms with E-state index in [1.54, 1.807) is 14.0 Å². The van der Waals surface area contributed by atoms with Gasteiger partial charge in [0.1, 0.15) is 0 Å². The first-order valence-corrected chi connectivity index (χ1v) is 5.01. The van der Waals surface area contributed by atoms with Gasteiger partial charge in [-0.1, -0.05) is 0 Å². The first-order chi connectivity index (χ1) is 6.57. The van der Waals surface area contributed by atoms with Crippen molar-refractivity contribution in [2.24, 2.45) is 5.92 Å². The van der Waals surface area contributed by atoms with E-state index in [9.17, 15) is 9.59 Å². The number of amides is 1. The van der Waals surface area contributed by atoms with Crippen LogP contribution >= 0.6 is 0 Å². The van der Waals surface area contributed by atoms with Gasteiger partial charge in [0.25, 0.3) is 0 Å². The predicted molar refractivity (Wildman–Crippen MR) is 51.6 cm³/mol. The number of nitrogens with zero attached hydrogens (tertiary/aromatic N) is 1. The van der Waals surface area contributed by atoms with Crippen LogP contribution in [0.3, 0.4) is 0 Å². The molecule has 1 saturated carbocycles. The van der Waals surface area contributed by atoms with E-state index < -0.39 is 11.9 Å². The lowest BCUT2D eigenvalue weighted by atomic mass is 10.2.